The van der Waals surface area contributed by atoms with Crippen molar-refractivity contribution in [3.05, 3.63) is 65.7 Å². The molecule has 0 unspecified atom stereocenters. The molecule has 2 heterocycles. The predicted octanol–water partition coefficient (Wildman–Crippen LogP) is 2.54. The molecule has 2 aromatic rings. The Kier molecular flexibility index (Phi) is 5.64. The van der Waals surface area contributed by atoms with Crippen LogP contribution < -0.4 is 5.32 Å². The first-order chi connectivity index (χ1) is 12.5. The van der Waals surface area contributed by atoms with Crippen molar-refractivity contribution in [1.82, 2.24) is 15.2 Å². The molecule has 1 aliphatic rings. The van der Waals surface area contributed by atoms with Crippen molar-refractivity contribution in [2.24, 2.45) is 0 Å². The Morgan fingerprint density at radius 2 is 1.69 bits per heavy atom. The van der Waals surface area contributed by atoms with Gasteiger partial charge in [-0.2, -0.15) is 0 Å². The molecule has 1 atom stereocenters. The molecule has 1 aliphatic heterocycles. The Bertz CT molecular complexity index is 728. The summed E-state index contributed by atoms with van der Waals surface area (Å²) in [5.41, 5.74) is 1.05. The summed E-state index contributed by atoms with van der Waals surface area (Å²) in [6.45, 7) is 6.53. The van der Waals surface area contributed by atoms with E-state index in [1.54, 1.807) is 24.5 Å². The van der Waals surface area contributed by atoms with Crippen LogP contribution in [0.3, 0.4) is 0 Å². The highest BCUT2D eigenvalue weighted by Crippen LogP contribution is 2.24. The first kappa shape index (κ1) is 18.5. The van der Waals surface area contributed by atoms with E-state index in [9.17, 15) is 9.18 Å². The molecule has 3 rings (SSSR count). The lowest BCUT2D eigenvalue weighted by molar-refractivity contribution is -0.135. The van der Waals surface area contributed by atoms with Gasteiger partial charge in [-0.3, -0.25) is 14.7 Å². The normalized spacial score (nSPS) is 16.9. The Morgan fingerprint density at radius 1 is 1.12 bits per heavy atom. The van der Waals surface area contributed by atoms with Crippen LogP contribution in [0.15, 0.2) is 48.8 Å². The molecule has 1 amide bonds. The van der Waals surface area contributed by atoms with Crippen LogP contribution in [0, 0.1) is 5.82 Å². The fourth-order valence-corrected chi connectivity index (χ4v) is 3.14. The molecule has 0 aliphatic carbocycles. The average molecular weight is 357 g/mol. The van der Waals surface area contributed by atoms with Gasteiger partial charge in [0.2, 0.25) is 5.91 Å². The van der Waals surface area contributed by atoms with Crippen molar-refractivity contribution in [3.63, 3.8) is 0 Å². The summed E-state index contributed by atoms with van der Waals surface area (Å²) in [7, 11) is 0. The molecule has 1 aromatic heterocycles. The van der Waals surface area contributed by atoms with Crippen molar-refractivity contribution in [2.75, 3.05) is 26.3 Å². The lowest BCUT2D eigenvalue weighted by Gasteiger charge is -2.40. The van der Waals surface area contributed by atoms with Gasteiger partial charge >= 0.3 is 0 Å². The van der Waals surface area contributed by atoms with E-state index in [0.29, 0.717) is 13.2 Å². The number of amides is 1. The van der Waals surface area contributed by atoms with E-state index >= 15 is 0 Å². The van der Waals surface area contributed by atoms with Crippen LogP contribution >= 0.6 is 0 Å². The first-order valence-corrected chi connectivity index (χ1v) is 8.77. The highest BCUT2D eigenvalue weighted by atomic mass is 19.1. The number of aromatic nitrogens is 1. The molecule has 1 N–H and O–H groups in total. The van der Waals surface area contributed by atoms with Gasteiger partial charge in [-0.15, -0.1) is 0 Å². The van der Waals surface area contributed by atoms with Gasteiger partial charge in [0.25, 0.3) is 0 Å². The Labute approximate surface area is 153 Å². The topological polar surface area (TPSA) is 54.5 Å². The number of ether oxygens (including phenoxy) is 1. The minimum Gasteiger partial charge on any atom is -0.379 e. The third kappa shape index (κ3) is 4.08. The van der Waals surface area contributed by atoms with E-state index in [0.717, 1.165) is 24.2 Å². The van der Waals surface area contributed by atoms with Crippen LogP contribution in [0.5, 0.6) is 0 Å². The number of rotatable bonds is 5. The second kappa shape index (κ2) is 7.93. The minimum absolute atomic E-state index is 0.0782. The third-order valence-corrected chi connectivity index (χ3v) is 4.88. The number of carbonyl (C=O) groups is 1. The molecule has 5 nitrogen and oxygen atoms in total. The zero-order valence-electron chi connectivity index (χ0n) is 15.1. The summed E-state index contributed by atoms with van der Waals surface area (Å²) in [5.74, 6) is -0.382. The Hall–Kier alpha value is -2.31. The number of hydrogen-bond acceptors (Lipinski definition) is 4. The lowest BCUT2D eigenvalue weighted by atomic mass is 9.96. The van der Waals surface area contributed by atoms with Crippen molar-refractivity contribution in [2.45, 2.75) is 25.4 Å². The summed E-state index contributed by atoms with van der Waals surface area (Å²) in [6.07, 6.45) is 3.37. The fraction of sp³-hybridized carbons (Fsp3) is 0.400. The fourth-order valence-electron chi connectivity index (χ4n) is 3.14. The molecule has 0 saturated carbocycles. The summed E-state index contributed by atoms with van der Waals surface area (Å²) in [5, 5.41) is 3.13. The van der Waals surface area contributed by atoms with Gasteiger partial charge in [0, 0.05) is 25.5 Å². The molecule has 1 saturated heterocycles. The third-order valence-electron chi connectivity index (χ3n) is 4.88. The number of hydrogen-bond donors (Lipinski definition) is 1. The number of benzene rings is 1. The molecular weight excluding hydrogens is 333 g/mol. The smallest absolute Gasteiger partial charge is 0.240 e. The summed E-state index contributed by atoms with van der Waals surface area (Å²) in [4.78, 5) is 19.3. The minimum atomic E-state index is -0.672. The van der Waals surface area contributed by atoms with Gasteiger partial charge < -0.3 is 10.1 Å². The van der Waals surface area contributed by atoms with Crippen LogP contribution in [-0.2, 0) is 9.53 Å². The molecule has 138 valence electrons. The van der Waals surface area contributed by atoms with E-state index < -0.39 is 5.54 Å². The van der Waals surface area contributed by atoms with Gasteiger partial charge in [0.05, 0.1) is 24.8 Å². The van der Waals surface area contributed by atoms with E-state index in [1.807, 2.05) is 26.0 Å². The number of nitrogens with zero attached hydrogens (tertiary/aromatic N) is 2. The van der Waals surface area contributed by atoms with Crippen molar-refractivity contribution < 1.29 is 13.9 Å². The highest BCUT2D eigenvalue weighted by molar-refractivity contribution is 5.86. The summed E-state index contributed by atoms with van der Waals surface area (Å²) < 4.78 is 18.7. The lowest BCUT2D eigenvalue weighted by Crippen LogP contribution is -2.58. The molecule has 0 spiro atoms. The average Bonchev–Trinajstić information content (AvgIpc) is 2.68. The van der Waals surface area contributed by atoms with Crippen LogP contribution in [0.4, 0.5) is 4.39 Å². The zero-order valence-corrected chi connectivity index (χ0v) is 15.1. The molecular formula is C20H24FN3O2. The second-order valence-electron chi connectivity index (χ2n) is 6.90. The quantitative estimate of drug-likeness (QED) is 0.894. The van der Waals surface area contributed by atoms with E-state index in [4.69, 9.17) is 4.74 Å². The van der Waals surface area contributed by atoms with Gasteiger partial charge in [0.15, 0.2) is 0 Å². The van der Waals surface area contributed by atoms with Crippen LogP contribution in [0.1, 0.15) is 31.0 Å². The number of nitrogens with one attached hydrogen (secondary N) is 1. The van der Waals surface area contributed by atoms with Gasteiger partial charge in [0.1, 0.15) is 5.82 Å². The zero-order chi connectivity index (χ0) is 18.6. The van der Waals surface area contributed by atoms with E-state index in [2.05, 4.69) is 15.2 Å². The van der Waals surface area contributed by atoms with E-state index in [1.165, 1.54) is 12.1 Å². The molecule has 26 heavy (non-hydrogen) atoms. The predicted molar refractivity (Wildman–Crippen MR) is 97.1 cm³/mol. The Balaban J connectivity index is 1.85. The molecule has 6 heteroatoms. The second-order valence-corrected chi connectivity index (χ2v) is 6.90. The van der Waals surface area contributed by atoms with Crippen LogP contribution in [0.2, 0.25) is 0 Å². The number of carbonyl (C=O) groups excluding carboxylic acids is 1. The monoisotopic (exact) mass is 357 g/mol. The number of halogens is 1. The maximum atomic E-state index is 13.3. The molecule has 0 bridgehead atoms. The number of pyridine rings is 1. The SMILES string of the molecule is CC(C)(C(=O)N[C@@H](c1ccncc1)c1ccc(F)cc1)N1CCOCC1. The van der Waals surface area contributed by atoms with Gasteiger partial charge in [-0.25, -0.2) is 4.39 Å². The van der Waals surface area contributed by atoms with Gasteiger partial charge in [-0.1, -0.05) is 12.1 Å². The largest absolute Gasteiger partial charge is 0.379 e. The van der Waals surface area contributed by atoms with Gasteiger partial charge in [-0.05, 0) is 49.2 Å². The molecule has 1 fully saturated rings. The standard InChI is InChI=1S/C20H24FN3O2/c1-20(2,24-11-13-26-14-12-24)19(25)23-18(16-7-9-22-10-8-16)15-3-5-17(21)6-4-15/h3-10,18H,11-14H2,1-2H3,(H,23,25)/t18-/m1/s1. The van der Waals surface area contributed by atoms with Crippen molar-refractivity contribution >= 4 is 5.91 Å². The molecule has 0 radical (unpaired) electrons. The van der Waals surface area contributed by atoms with E-state index in [-0.39, 0.29) is 17.8 Å². The summed E-state index contributed by atoms with van der Waals surface area (Å²) in [6, 6.07) is 9.55. The first-order valence-electron chi connectivity index (χ1n) is 8.77. The maximum Gasteiger partial charge on any atom is 0.240 e. The Morgan fingerprint density at radius 3 is 2.31 bits per heavy atom. The van der Waals surface area contributed by atoms with Crippen LogP contribution in [-0.4, -0.2) is 47.6 Å². The van der Waals surface area contributed by atoms with Crippen LogP contribution in [0.25, 0.3) is 0 Å². The summed E-state index contributed by atoms with van der Waals surface area (Å²) >= 11 is 0. The maximum absolute atomic E-state index is 13.3. The number of morpholine rings is 1. The van der Waals surface area contributed by atoms with Crippen molar-refractivity contribution in [3.8, 4) is 0 Å². The molecule has 1 aromatic carbocycles. The highest BCUT2D eigenvalue weighted by Gasteiger charge is 2.36. The van der Waals surface area contributed by atoms with Crippen molar-refractivity contribution in [1.29, 1.82) is 0 Å².